The number of nitrogens with one attached hydrogen (secondary N) is 1. The summed E-state index contributed by atoms with van der Waals surface area (Å²) in [5.41, 5.74) is 4.31. The predicted octanol–water partition coefficient (Wildman–Crippen LogP) is 6.60. The molecule has 0 aliphatic heterocycles. The van der Waals surface area contributed by atoms with Crippen LogP contribution < -0.4 is 5.32 Å². The monoisotopic (exact) mass is 433 g/mol. The van der Waals surface area contributed by atoms with Gasteiger partial charge in [-0.05, 0) is 29.5 Å². The highest BCUT2D eigenvalue weighted by atomic mass is 32.2. The largest absolute Gasteiger partial charge is 0.325 e. The maximum absolute atomic E-state index is 12.7. The summed E-state index contributed by atoms with van der Waals surface area (Å²) in [7, 11) is 0. The van der Waals surface area contributed by atoms with Crippen molar-refractivity contribution in [1.29, 1.82) is 0 Å². The fraction of sp³-hybridized carbons (Fsp3) is 0.208. The molecule has 0 aliphatic rings. The van der Waals surface area contributed by atoms with Gasteiger partial charge in [-0.3, -0.25) is 4.79 Å². The molecule has 0 bridgehead atoms. The average Bonchev–Trinajstić information content (AvgIpc) is 3.23. The number of rotatable bonds is 7. The van der Waals surface area contributed by atoms with Crippen LogP contribution in [0.15, 0.2) is 71.3 Å². The van der Waals surface area contributed by atoms with E-state index in [1.807, 2.05) is 36.4 Å². The van der Waals surface area contributed by atoms with Gasteiger partial charge in [0.15, 0.2) is 0 Å². The third-order valence-corrected chi connectivity index (χ3v) is 7.01. The average molecular weight is 434 g/mol. The summed E-state index contributed by atoms with van der Waals surface area (Å²) in [6.45, 7) is 4.34. The molecule has 0 fully saturated rings. The Bertz CT molecular complexity index is 1160. The number of thiophene rings is 1. The van der Waals surface area contributed by atoms with Crippen molar-refractivity contribution in [2.24, 2.45) is 0 Å². The summed E-state index contributed by atoms with van der Waals surface area (Å²) in [5, 5.41) is 7.05. The first-order chi connectivity index (χ1) is 14.7. The van der Waals surface area contributed by atoms with Crippen LogP contribution in [0.2, 0.25) is 0 Å². The van der Waals surface area contributed by atoms with Gasteiger partial charge in [0.05, 0.1) is 11.1 Å². The Morgan fingerprint density at radius 2 is 1.87 bits per heavy atom. The van der Waals surface area contributed by atoms with Gasteiger partial charge < -0.3 is 5.32 Å². The molecule has 2 aromatic heterocycles. The van der Waals surface area contributed by atoms with Gasteiger partial charge in [-0.25, -0.2) is 9.97 Å². The minimum absolute atomic E-state index is 0.0287. The number of carbonyl (C=O) groups is 1. The van der Waals surface area contributed by atoms with E-state index in [2.05, 4.69) is 52.7 Å². The van der Waals surface area contributed by atoms with Crippen LogP contribution in [0.1, 0.15) is 31.7 Å². The third-order valence-electron chi connectivity index (χ3n) is 5.14. The molecule has 2 aromatic carbocycles. The smallest absolute Gasteiger partial charge is 0.234 e. The second-order valence-corrected chi connectivity index (χ2v) is 8.93. The molecule has 0 saturated heterocycles. The molecule has 1 atom stereocenters. The second kappa shape index (κ2) is 9.41. The fourth-order valence-corrected chi connectivity index (χ4v) is 5.16. The number of hydrogen-bond donors (Lipinski definition) is 1. The number of carbonyl (C=O) groups excluding carboxylic acids is 1. The predicted molar refractivity (Wildman–Crippen MR) is 127 cm³/mol. The molecule has 0 saturated carbocycles. The van der Waals surface area contributed by atoms with Crippen molar-refractivity contribution in [1.82, 2.24) is 9.97 Å². The number of nitrogens with zero attached hydrogens (tertiary/aromatic N) is 2. The number of hydrogen-bond acceptors (Lipinski definition) is 5. The zero-order valence-corrected chi connectivity index (χ0v) is 18.6. The van der Waals surface area contributed by atoms with Gasteiger partial charge in [0.25, 0.3) is 0 Å². The van der Waals surface area contributed by atoms with E-state index in [1.165, 1.54) is 17.3 Å². The molecular formula is C24H23N3OS2. The topological polar surface area (TPSA) is 54.9 Å². The first-order valence-corrected chi connectivity index (χ1v) is 11.8. The van der Waals surface area contributed by atoms with E-state index in [0.717, 1.165) is 38.5 Å². The minimum Gasteiger partial charge on any atom is -0.325 e. The highest BCUT2D eigenvalue weighted by Crippen LogP contribution is 2.37. The Hall–Kier alpha value is -2.70. The number of amides is 1. The van der Waals surface area contributed by atoms with E-state index in [-0.39, 0.29) is 5.91 Å². The molecule has 0 spiro atoms. The molecule has 0 aliphatic carbocycles. The molecule has 4 rings (SSSR count). The number of anilines is 1. The molecule has 152 valence electrons. The highest BCUT2D eigenvalue weighted by molar-refractivity contribution is 8.00. The van der Waals surface area contributed by atoms with Crippen LogP contribution in [0, 0.1) is 0 Å². The van der Waals surface area contributed by atoms with Crippen molar-refractivity contribution < 1.29 is 4.79 Å². The number of thioether (sulfide) groups is 1. The van der Waals surface area contributed by atoms with E-state index in [0.29, 0.717) is 11.7 Å². The van der Waals surface area contributed by atoms with E-state index in [1.54, 1.807) is 17.7 Å². The van der Waals surface area contributed by atoms with Gasteiger partial charge in [-0.2, -0.15) is 0 Å². The van der Waals surface area contributed by atoms with Crippen LogP contribution in [0.3, 0.4) is 0 Å². The van der Waals surface area contributed by atoms with Gasteiger partial charge >= 0.3 is 0 Å². The van der Waals surface area contributed by atoms with E-state index in [9.17, 15) is 4.79 Å². The molecular weight excluding hydrogens is 410 g/mol. The van der Waals surface area contributed by atoms with Crippen LogP contribution >= 0.6 is 23.1 Å². The molecule has 1 N–H and O–H groups in total. The fourth-order valence-electron chi connectivity index (χ4n) is 3.37. The Morgan fingerprint density at radius 1 is 1.10 bits per heavy atom. The first-order valence-electron chi connectivity index (χ1n) is 9.96. The number of aromatic nitrogens is 2. The first kappa shape index (κ1) is 20.6. The van der Waals surface area contributed by atoms with E-state index < -0.39 is 0 Å². The molecule has 4 aromatic rings. The zero-order valence-electron chi connectivity index (χ0n) is 17.0. The molecule has 0 radical (unpaired) electrons. The summed E-state index contributed by atoms with van der Waals surface area (Å²) in [6, 6.07) is 18.3. The third kappa shape index (κ3) is 4.40. The van der Waals surface area contributed by atoms with Crippen molar-refractivity contribution in [2.75, 3.05) is 11.1 Å². The summed E-state index contributed by atoms with van der Waals surface area (Å²) < 4.78 is 0. The highest BCUT2D eigenvalue weighted by Gasteiger charge is 2.16. The Balaban J connectivity index is 1.54. The van der Waals surface area contributed by atoms with Gasteiger partial charge in [0.1, 0.15) is 16.2 Å². The van der Waals surface area contributed by atoms with Crippen LogP contribution in [0.5, 0.6) is 0 Å². The van der Waals surface area contributed by atoms with Crippen LogP contribution in [-0.2, 0) is 4.79 Å². The molecule has 4 nitrogen and oxygen atoms in total. The summed E-state index contributed by atoms with van der Waals surface area (Å²) in [6.07, 6.45) is 2.60. The molecule has 2 heterocycles. The maximum Gasteiger partial charge on any atom is 0.234 e. The van der Waals surface area contributed by atoms with Crippen LogP contribution in [-0.4, -0.2) is 21.6 Å². The second-order valence-electron chi connectivity index (χ2n) is 7.11. The molecule has 1 amide bonds. The lowest BCUT2D eigenvalue weighted by molar-refractivity contribution is -0.113. The molecule has 6 heteroatoms. The Labute approximate surface area is 184 Å². The lowest BCUT2D eigenvalue weighted by Crippen LogP contribution is -2.16. The Morgan fingerprint density at radius 3 is 2.67 bits per heavy atom. The summed E-state index contributed by atoms with van der Waals surface area (Å²) in [5.74, 6) is 0.666. The van der Waals surface area contributed by atoms with Crippen molar-refractivity contribution in [2.45, 2.75) is 31.2 Å². The lowest BCUT2D eigenvalue weighted by atomic mass is 9.97. The zero-order chi connectivity index (χ0) is 20.9. The van der Waals surface area contributed by atoms with Gasteiger partial charge in [-0.1, -0.05) is 74.1 Å². The molecule has 30 heavy (non-hydrogen) atoms. The minimum atomic E-state index is -0.0287. The van der Waals surface area contributed by atoms with Crippen molar-refractivity contribution in [3.8, 4) is 11.1 Å². The van der Waals surface area contributed by atoms with Gasteiger partial charge in [0.2, 0.25) is 5.91 Å². The SMILES string of the molecule is CCC(C)c1ccccc1NC(=O)CSc1ncnc2scc(-c3ccccc3)c12. The van der Waals surface area contributed by atoms with Crippen molar-refractivity contribution >= 4 is 44.9 Å². The summed E-state index contributed by atoms with van der Waals surface area (Å²) >= 11 is 3.06. The lowest BCUT2D eigenvalue weighted by Gasteiger charge is -2.15. The van der Waals surface area contributed by atoms with Crippen LogP contribution in [0.25, 0.3) is 21.3 Å². The van der Waals surface area contributed by atoms with Crippen molar-refractivity contribution in [3.05, 3.63) is 71.9 Å². The quantitative estimate of drug-likeness (QED) is 0.263. The van der Waals surface area contributed by atoms with Crippen molar-refractivity contribution in [3.63, 3.8) is 0 Å². The van der Waals surface area contributed by atoms with E-state index in [4.69, 9.17) is 0 Å². The Kier molecular flexibility index (Phi) is 6.45. The van der Waals surface area contributed by atoms with Crippen LogP contribution in [0.4, 0.5) is 5.69 Å². The van der Waals surface area contributed by atoms with E-state index >= 15 is 0 Å². The standard InChI is InChI=1S/C24H23N3OS2/c1-3-16(2)18-11-7-8-12-20(18)27-21(28)14-30-24-22-19(17-9-5-4-6-10-17)13-29-23(22)25-15-26-24/h4-13,15-16H,3,14H2,1-2H3,(H,27,28). The van der Waals surface area contributed by atoms with Gasteiger partial charge in [0, 0.05) is 16.6 Å². The summed E-state index contributed by atoms with van der Waals surface area (Å²) in [4.78, 5) is 22.5. The van der Waals surface area contributed by atoms with Gasteiger partial charge in [-0.15, -0.1) is 11.3 Å². The number of benzene rings is 2. The molecule has 1 unspecified atom stereocenters. The maximum atomic E-state index is 12.7. The number of para-hydroxylation sites is 1. The normalized spacial score (nSPS) is 12.1. The number of fused-ring (bicyclic) bond motifs is 1.